The molecule has 1 atom stereocenters. The predicted octanol–water partition coefficient (Wildman–Crippen LogP) is 1.85. The van der Waals surface area contributed by atoms with Crippen LogP contribution >= 0.6 is 12.4 Å². The largest absolute Gasteiger partial charge is 0.491 e. The van der Waals surface area contributed by atoms with Gasteiger partial charge in [-0.3, -0.25) is 0 Å². The standard InChI is InChI=1S/C11H18N2O.ClH/c1-8(2)14-11-6-4-3-5-9(11)10(13)7-12;/h3-6,8,10H,7,12-13H2,1-2H3;1H/t10-;/m1./s1. The molecular weight excluding hydrogens is 212 g/mol. The average Bonchev–Trinajstić information content (AvgIpc) is 2.16. The minimum absolute atomic E-state index is 0. The molecule has 0 fully saturated rings. The van der Waals surface area contributed by atoms with Crippen molar-refractivity contribution in [1.29, 1.82) is 0 Å². The molecule has 1 aromatic carbocycles. The number of hydrogen-bond acceptors (Lipinski definition) is 3. The van der Waals surface area contributed by atoms with Crippen LogP contribution in [0.4, 0.5) is 0 Å². The molecule has 0 aliphatic rings. The van der Waals surface area contributed by atoms with E-state index in [1.807, 2.05) is 38.1 Å². The van der Waals surface area contributed by atoms with E-state index >= 15 is 0 Å². The number of para-hydroxylation sites is 1. The van der Waals surface area contributed by atoms with E-state index in [-0.39, 0.29) is 24.6 Å². The minimum Gasteiger partial charge on any atom is -0.491 e. The Morgan fingerprint density at radius 2 is 1.87 bits per heavy atom. The fraction of sp³-hybridized carbons (Fsp3) is 0.455. The molecule has 0 saturated heterocycles. The van der Waals surface area contributed by atoms with Crippen molar-refractivity contribution in [3.8, 4) is 5.75 Å². The average molecular weight is 231 g/mol. The van der Waals surface area contributed by atoms with E-state index in [0.717, 1.165) is 11.3 Å². The van der Waals surface area contributed by atoms with Crippen LogP contribution in [0.5, 0.6) is 5.75 Å². The molecule has 0 amide bonds. The van der Waals surface area contributed by atoms with Crippen molar-refractivity contribution < 1.29 is 4.74 Å². The predicted molar refractivity (Wildman–Crippen MR) is 65.4 cm³/mol. The summed E-state index contributed by atoms with van der Waals surface area (Å²) in [7, 11) is 0. The first-order chi connectivity index (χ1) is 6.65. The Hall–Kier alpha value is -0.770. The van der Waals surface area contributed by atoms with Crippen molar-refractivity contribution in [2.24, 2.45) is 11.5 Å². The summed E-state index contributed by atoms with van der Waals surface area (Å²) in [5.74, 6) is 0.834. The zero-order valence-corrected chi connectivity index (χ0v) is 9.96. The van der Waals surface area contributed by atoms with Crippen LogP contribution in [0, 0.1) is 0 Å². The third kappa shape index (κ3) is 4.08. The highest BCUT2D eigenvalue weighted by atomic mass is 35.5. The third-order valence-corrected chi connectivity index (χ3v) is 1.94. The first-order valence-corrected chi connectivity index (χ1v) is 4.86. The van der Waals surface area contributed by atoms with E-state index in [4.69, 9.17) is 16.2 Å². The molecule has 1 aromatic rings. The Kier molecular flexibility index (Phi) is 6.32. The summed E-state index contributed by atoms with van der Waals surface area (Å²) in [6, 6.07) is 7.60. The van der Waals surface area contributed by atoms with Crippen molar-refractivity contribution in [2.75, 3.05) is 6.54 Å². The van der Waals surface area contributed by atoms with Crippen LogP contribution in [-0.2, 0) is 0 Å². The van der Waals surface area contributed by atoms with Gasteiger partial charge < -0.3 is 16.2 Å². The van der Waals surface area contributed by atoms with Gasteiger partial charge in [-0.15, -0.1) is 12.4 Å². The lowest BCUT2D eigenvalue weighted by molar-refractivity contribution is 0.239. The second kappa shape index (κ2) is 6.67. The van der Waals surface area contributed by atoms with Crippen LogP contribution in [0.15, 0.2) is 24.3 Å². The van der Waals surface area contributed by atoms with Crippen molar-refractivity contribution in [3.05, 3.63) is 29.8 Å². The van der Waals surface area contributed by atoms with Gasteiger partial charge in [0, 0.05) is 18.2 Å². The van der Waals surface area contributed by atoms with Gasteiger partial charge in [0.25, 0.3) is 0 Å². The summed E-state index contributed by atoms with van der Waals surface area (Å²) in [6.45, 7) is 4.41. The number of hydrogen-bond donors (Lipinski definition) is 2. The number of halogens is 1. The molecule has 0 bridgehead atoms. The number of nitrogens with two attached hydrogens (primary N) is 2. The molecule has 15 heavy (non-hydrogen) atoms. The number of rotatable bonds is 4. The van der Waals surface area contributed by atoms with Gasteiger partial charge in [-0.2, -0.15) is 0 Å². The maximum atomic E-state index is 5.87. The highest BCUT2D eigenvalue weighted by molar-refractivity contribution is 5.85. The van der Waals surface area contributed by atoms with Crippen LogP contribution in [0.25, 0.3) is 0 Å². The lowest BCUT2D eigenvalue weighted by Gasteiger charge is -2.17. The molecule has 0 heterocycles. The quantitative estimate of drug-likeness (QED) is 0.830. The Morgan fingerprint density at radius 3 is 2.40 bits per heavy atom. The Morgan fingerprint density at radius 1 is 1.27 bits per heavy atom. The summed E-state index contributed by atoms with van der Waals surface area (Å²) in [6.07, 6.45) is 0.154. The van der Waals surface area contributed by atoms with E-state index in [2.05, 4.69) is 0 Å². The molecule has 0 spiro atoms. The first kappa shape index (κ1) is 14.2. The van der Waals surface area contributed by atoms with Crippen LogP contribution in [0.3, 0.4) is 0 Å². The molecule has 0 saturated carbocycles. The summed E-state index contributed by atoms with van der Waals surface area (Å²) in [5.41, 5.74) is 12.4. The van der Waals surface area contributed by atoms with E-state index < -0.39 is 0 Å². The molecule has 0 aromatic heterocycles. The van der Waals surface area contributed by atoms with Crippen LogP contribution in [0.1, 0.15) is 25.5 Å². The first-order valence-electron chi connectivity index (χ1n) is 4.86. The maximum absolute atomic E-state index is 5.87. The smallest absolute Gasteiger partial charge is 0.124 e. The maximum Gasteiger partial charge on any atom is 0.124 e. The normalized spacial score (nSPS) is 12.1. The number of benzene rings is 1. The lowest BCUT2D eigenvalue weighted by atomic mass is 10.1. The van der Waals surface area contributed by atoms with Crippen molar-refractivity contribution in [2.45, 2.75) is 26.0 Å². The fourth-order valence-corrected chi connectivity index (χ4v) is 1.28. The second-order valence-corrected chi connectivity index (χ2v) is 3.55. The Labute approximate surface area is 97.2 Å². The summed E-state index contributed by atoms with van der Waals surface area (Å²) >= 11 is 0. The fourth-order valence-electron chi connectivity index (χ4n) is 1.28. The second-order valence-electron chi connectivity index (χ2n) is 3.55. The monoisotopic (exact) mass is 230 g/mol. The van der Waals surface area contributed by atoms with Crippen LogP contribution < -0.4 is 16.2 Å². The van der Waals surface area contributed by atoms with Gasteiger partial charge in [0.2, 0.25) is 0 Å². The van der Waals surface area contributed by atoms with Crippen LogP contribution in [-0.4, -0.2) is 12.6 Å². The van der Waals surface area contributed by atoms with Crippen molar-refractivity contribution >= 4 is 12.4 Å². The molecule has 0 unspecified atom stereocenters. The SMILES string of the molecule is CC(C)Oc1ccccc1[C@H](N)CN.Cl. The van der Waals surface area contributed by atoms with Gasteiger partial charge >= 0.3 is 0 Å². The zero-order valence-electron chi connectivity index (χ0n) is 9.14. The molecule has 0 aliphatic carbocycles. The molecule has 4 heteroatoms. The zero-order chi connectivity index (χ0) is 10.6. The molecule has 0 radical (unpaired) electrons. The molecule has 3 nitrogen and oxygen atoms in total. The van der Waals surface area contributed by atoms with Crippen molar-refractivity contribution in [1.82, 2.24) is 0 Å². The van der Waals surface area contributed by atoms with E-state index in [1.54, 1.807) is 0 Å². The Balaban J connectivity index is 0.00000196. The summed E-state index contributed by atoms with van der Waals surface area (Å²) in [5, 5.41) is 0. The van der Waals surface area contributed by atoms with Gasteiger partial charge in [-0.25, -0.2) is 0 Å². The van der Waals surface area contributed by atoms with Gasteiger partial charge in [-0.1, -0.05) is 18.2 Å². The van der Waals surface area contributed by atoms with Crippen molar-refractivity contribution in [3.63, 3.8) is 0 Å². The highest BCUT2D eigenvalue weighted by Crippen LogP contribution is 2.23. The minimum atomic E-state index is -0.148. The molecule has 1 rings (SSSR count). The van der Waals surface area contributed by atoms with E-state index in [0.29, 0.717) is 6.54 Å². The molecule has 0 aliphatic heterocycles. The highest BCUT2D eigenvalue weighted by Gasteiger charge is 2.10. The molecular formula is C11H19ClN2O. The number of ether oxygens (including phenoxy) is 1. The molecule has 4 N–H and O–H groups in total. The molecule has 86 valence electrons. The third-order valence-electron chi connectivity index (χ3n) is 1.94. The topological polar surface area (TPSA) is 61.3 Å². The van der Waals surface area contributed by atoms with Gasteiger partial charge in [-0.05, 0) is 19.9 Å². The summed E-state index contributed by atoms with van der Waals surface area (Å²) in [4.78, 5) is 0. The Bertz CT molecular complexity index is 292. The van der Waals surface area contributed by atoms with Gasteiger partial charge in [0.15, 0.2) is 0 Å². The van der Waals surface area contributed by atoms with E-state index in [9.17, 15) is 0 Å². The van der Waals surface area contributed by atoms with Gasteiger partial charge in [0.1, 0.15) is 5.75 Å². The summed E-state index contributed by atoms with van der Waals surface area (Å²) < 4.78 is 5.63. The van der Waals surface area contributed by atoms with E-state index in [1.165, 1.54) is 0 Å². The van der Waals surface area contributed by atoms with Crippen LogP contribution in [0.2, 0.25) is 0 Å². The van der Waals surface area contributed by atoms with Gasteiger partial charge in [0.05, 0.1) is 6.10 Å². The lowest BCUT2D eigenvalue weighted by Crippen LogP contribution is -2.22.